The lowest BCUT2D eigenvalue weighted by Crippen LogP contribution is -2.05. The third-order valence-corrected chi connectivity index (χ3v) is 2.57. The van der Waals surface area contributed by atoms with E-state index in [0.29, 0.717) is 17.3 Å². The highest BCUT2D eigenvalue weighted by Gasteiger charge is 2.10. The van der Waals surface area contributed by atoms with E-state index in [-0.39, 0.29) is 6.10 Å². The van der Waals surface area contributed by atoms with Gasteiger partial charge in [0.1, 0.15) is 23.5 Å². The van der Waals surface area contributed by atoms with E-state index in [9.17, 15) is 0 Å². The minimum Gasteiger partial charge on any atom is -0.474 e. The molecular weight excluding hydrogens is 244 g/mol. The molecule has 3 N–H and O–H groups in total. The van der Waals surface area contributed by atoms with Crippen LogP contribution in [-0.2, 0) is 0 Å². The summed E-state index contributed by atoms with van der Waals surface area (Å²) in [6, 6.07) is 5.35. The van der Waals surface area contributed by atoms with Gasteiger partial charge in [0, 0.05) is 6.07 Å². The van der Waals surface area contributed by atoms with E-state index in [0.717, 1.165) is 11.3 Å². The molecule has 3 aromatic rings. The van der Waals surface area contributed by atoms with Crippen LogP contribution in [0, 0.1) is 0 Å². The maximum Gasteiger partial charge on any atom is 0.234 e. The van der Waals surface area contributed by atoms with Crippen LogP contribution in [0.15, 0.2) is 24.5 Å². The molecule has 0 aliphatic heterocycles. The molecule has 7 nitrogen and oxygen atoms in total. The molecule has 0 radical (unpaired) electrons. The fourth-order valence-electron chi connectivity index (χ4n) is 1.80. The van der Waals surface area contributed by atoms with Crippen LogP contribution < -0.4 is 10.5 Å². The molecule has 0 bridgehead atoms. The Balaban J connectivity index is 2.04. The number of ether oxygens (including phenoxy) is 1. The number of hydrogen-bond acceptors (Lipinski definition) is 5. The number of hydrogen-bond donors (Lipinski definition) is 2. The fraction of sp³-hybridized carbons (Fsp3) is 0.250. The monoisotopic (exact) mass is 258 g/mol. The number of nitrogens with one attached hydrogen (secondary N) is 1. The first-order valence-electron chi connectivity index (χ1n) is 5.95. The molecular formula is C12H14N6O. The number of pyridine rings is 1. The molecule has 7 heteroatoms. The van der Waals surface area contributed by atoms with Gasteiger partial charge in [-0.05, 0) is 26.0 Å². The smallest absolute Gasteiger partial charge is 0.234 e. The molecule has 0 unspecified atom stereocenters. The molecule has 98 valence electrons. The average molecular weight is 258 g/mol. The number of nitrogens with two attached hydrogens (primary N) is 1. The molecule has 3 aromatic heterocycles. The van der Waals surface area contributed by atoms with E-state index in [1.165, 1.54) is 0 Å². The molecule has 0 atom stereocenters. The molecule has 0 saturated heterocycles. The Kier molecular flexibility index (Phi) is 2.59. The maximum absolute atomic E-state index is 5.70. The van der Waals surface area contributed by atoms with Crippen molar-refractivity contribution in [3.63, 3.8) is 0 Å². The summed E-state index contributed by atoms with van der Waals surface area (Å²) in [5.74, 6) is 1.72. The molecule has 0 amide bonds. The van der Waals surface area contributed by atoms with Crippen LogP contribution in [0.3, 0.4) is 0 Å². The van der Waals surface area contributed by atoms with Crippen molar-refractivity contribution in [3.8, 4) is 11.7 Å². The standard InChI is InChI=1S/C12H14N6O/c1-7(2)19-11-5-10(16-17-11)18-6-14-8-3-4-9(13)15-12(8)18/h3-7H,1-2H3,(H2,13,15)(H,16,17). The van der Waals surface area contributed by atoms with Crippen LogP contribution in [0.2, 0.25) is 0 Å². The Morgan fingerprint density at radius 2 is 2.21 bits per heavy atom. The minimum atomic E-state index is 0.0736. The number of aromatic nitrogens is 5. The van der Waals surface area contributed by atoms with Gasteiger partial charge in [0.2, 0.25) is 5.88 Å². The molecule has 3 rings (SSSR count). The van der Waals surface area contributed by atoms with Gasteiger partial charge >= 0.3 is 0 Å². The van der Waals surface area contributed by atoms with E-state index in [1.807, 2.05) is 19.9 Å². The quantitative estimate of drug-likeness (QED) is 0.742. The van der Waals surface area contributed by atoms with Crippen LogP contribution in [0.25, 0.3) is 17.0 Å². The second kappa shape index (κ2) is 4.27. The van der Waals surface area contributed by atoms with Crippen LogP contribution in [0.1, 0.15) is 13.8 Å². The van der Waals surface area contributed by atoms with E-state index >= 15 is 0 Å². The van der Waals surface area contributed by atoms with Crippen molar-refractivity contribution in [2.24, 2.45) is 0 Å². The van der Waals surface area contributed by atoms with Gasteiger partial charge in [0.15, 0.2) is 5.65 Å². The van der Waals surface area contributed by atoms with Crippen molar-refractivity contribution in [1.82, 2.24) is 24.7 Å². The zero-order valence-electron chi connectivity index (χ0n) is 10.7. The summed E-state index contributed by atoms with van der Waals surface area (Å²) in [7, 11) is 0. The number of imidazole rings is 1. The Hall–Kier alpha value is -2.57. The van der Waals surface area contributed by atoms with Gasteiger partial charge in [-0.3, -0.25) is 9.67 Å². The van der Waals surface area contributed by atoms with Crippen molar-refractivity contribution in [3.05, 3.63) is 24.5 Å². The first-order chi connectivity index (χ1) is 9.13. The van der Waals surface area contributed by atoms with Gasteiger partial charge in [-0.2, -0.15) is 0 Å². The number of H-pyrrole nitrogens is 1. The van der Waals surface area contributed by atoms with Crippen LogP contribution in [-0.4, -0.2) is 30.8 Å². The zero-order chi connectivity index (χ0) is 13.4. The second-order valence-electron chi connectivity index (χ2n) is 4.45. The first kappa shape index (κ1) is 11.5. The molecule has 0 saturated carbocycles. The van der Waals surface area contributed by atoms with Gasteiger partial charge in [0.25, 0.3) is 0 Å². The van der Waals surface area contributed by atoms with E-state index in [1.54, 1.807) is 23.0 Å². The Morgan fingerprint density at radius 3 is 3.00 bits per heavy atom. The summed E-state index contributed by atoms with van der Waals surface area (Å²) in [4.78, 5) is 8.53. The van der Waals surface area contributed by atoms with E-state index < -0.39 is 0 Å². The summed E-state index contributed by atoms with van der Waals surface area (Å²) in [5.41, 5.74) is 7.15. The Bertz CT molecular complexity index is 714. The van der Waals surface area contributed by atoms with Crippen molar-refractivity contribution in [1.29, 1.82) is 0 Å². The van der Waals surface area contributed by atoms with Crippen molar-refractivity contribution in [2.45, 2.75) is 20.0 Å². The molecule has 0 spiro atoms. The fourth-order valence-corrected chi connectivity index (χ4v) is 1.80. The van der Waals surface area contributed by atoms with Gasteiger partial charge in [-0.25, -0.2) is 9.97 Å². The van der Waals surface area contributed by atoms with E-state index in [4.69, 9.17) is 10.5 Å². The topological polar surface area (TPSA) is 94.6 Å². The number of nitrogens with zero attached hydrogens (tertiary/aromatic N) is 4. The SMILES string of the molecule is CC(C)Oc1cc(-n2cnc3ccc(N)nc32)[nH]n1. The number of aromatic amines is 1. The second-order valence-corrected chi connectivity index (χ2v) is 4.45. The lowest BCUT2D eigenvalue weighted by atomic mass is 10.4. The average Bonchev–Trinajstić information content (AvgIpc) is 2.94. The van der Waals surface area contributed by atoms with Gasteiger partial charge in [-0.1, -0.05) is 0 Å². The maximum atomic E-state index is 5.70. The van der Waals surface area contributed by atoms with Gasteiger partial charge in [0.05, 0.1) is 6.10 Å². The lowest BCUT2D eigenvalue weighted by molar-refractivity contribution is 0.232. The van der Waals surface area contributed by atoms with Crippen molar-refractivity contribution >= 4 is 17.0 Å². The summed E-state index contributed by atoms with van der Waals surface area (Å²) in [6.45, 7) is 3.90. The zero-order valence-corrected chi connectivity index (χ0v) is 10.7. The number of anilines is 1. The van der Waals surface area contributed by atoms with Crippen molar-refractivity contribution < 1.29 is 4.74 Å². The highest BCUT2D eigenvalue weighted by molar-refractivity contribution is 5.74. The molecule has 0 aromatic carbocycles. The Labute approximate surface area is 109 Å². The molecule has 3 heterocycles. The summed E-state index contributed by atoms with van der Waals surface area (Å²) >= 11 is 0. The summed E-state index contributed by atoms with van der Waals surface area (Å²) in [6.07, 6.45) is 1.74. The minimum absolute atomic E-state index is 0.0736. The molecule has 0 fully saturated rings. The van der Waals surface area contributed by atoms with Crippen LogP contribution in [0.4, 0.5) is 5.82 Å². The third-order valence-electron chi connectivity index (χ3n) is 2.57. The summed E-state index contributed by atoms with van der Waals surface area (Å²) in [5, 5.41) is 6.98. The predicted molar refractivity (Wildman–Crippen MR) is 71.2 cm³/mol. The highest BCUT2D eigenvalue weighted by Crippen LogP contribution is 2.19. The predicted octanol–water partition coefficient (Wildman–Crippen LogP) is 1.51. The molecule has 0 aliphatic rings. The number of rotatable bonds is 3. The number of fused-ring (bicyclic) bond motifs is 1. The van der Waals surface area contributed by atoms with Crippen LogP contribution in [0.5, 0.6) is 5.88 Å². The largest absolute Gasteiger partial charge is 0.474 e. The number of nitrogen functional groups attached to an aromatic ring is 1. The van der Waals surface area contributed by atoms with Crippen LogP contribution >= 0.6 is 0 Å². The molecule has 0 aliphatic carbocycles. The van der Waals surface area contributed by atoms with E-state index in [2.05, 4.69) is 20.2 Å². The highest BCUT2D eigenvalue weighted by atomic mass is 16.5. The third kappa shape index (κ3) is 2.10. The normalized spacial score (nSPS) is 11.3. The first-order valence-corrected chi connectivity index (χ1v) is 5.95. The Morgan fingerprint density at radius 1 is 1.37 bits per heavy atom. The van der Waals surface area contributed by atoms with Gasteiger partial charge < -0.3 is 10.5 Å². The van der Waals surface area contributed by atoms with Gasteiger partial charge in [-0.15, -0.1) is 5.10 Å². The summed E-state index contributed by atoms with van der Waals surface area (Å²) < 4.78 is 7.29. The van der Waals surface area contributed by atoms with Crippen molar-refractivity contribution in [2.75, 3.05) is 5.73 Å². The lowest BCUT2D eigenvalue weighted by Gasteiger charge is -2.04. The molecule has 19 heavy (non-hydrogen) atoms.